The lowest BCUT2D eigenvalue weighted by molar-refractivity contribution is 0.620. The highest BCUT2D eigenvalue weighted by Crippen LogP contribution is 2.22. The van der Waals surface area contributed by atoms with Crippen molar-refractivity contribution in [1.29, 1.82) is 5.26 Å². The molecule has 4 nitrogen and oxygen atoms in total. The number of hydrogen-bond acceptors (Lipinski definition) is 3. The number of hydrogen-bond donors (Lipinski definition) is 1. The average Bonchev–Trinajstić information content (AvgIpc) is 2.76. The average molecular weight is 280 g/mol. The summed E-state index contributed by atoms with van der Waals surface area (Å²) in [5, 5.41) is 8.81. The maximum Gasteiger partial charge on any atom is 0.201 e. The number of halogens is 1. The van der Waals surface area contributed by atoms with Gasteiger partial charge in [-0.3, -0.25) is 0 Å². The molecule has 3 aromatic rings. The second-order valence-corrected chi connectivity index (χ2v) is 4.95. The Kier molecular flexibility index (Phi) is 3.07. The van der Waals surface area contributed by atoms with Crippen LogP contribution in [0.3, 0.4) is 0 Å². The van der Waals surface area contributed by atoms with Crippen LogP contribution in [0.15, 0.2) is 36.4 Å². The minimum atomic E-state index is -0.287. The van der Waals surface area contributed by atoms with Gasteiger partial charge in [0.1, 0.15) is 5.82 Å². The first-order chi connectivity index (χ1) is 10.1. The topological polar surface area (TPSA) is 67.6 Å². The molecule has 1 aromatic heterocycles. The summed E-state index contributed by atoms with van der Waals surface area (Å²) in [6, 6.07) is 12.5. The molecular formula is C16H13FN4. The van der Waals surface area contributed by atoms with Crippen LogP contribution in [0.2, 0.25) is 0 Å². The number of anilines is 1. The van der Waals surface area contributed by atoms with E-state index in [0.717, 1.165) is 11.1 Å². The van der Waals surface area contributed by atoms with Crippen molar-refractivity contribution in [1.82, 2.24) is 9.55 Å². The third-order valence-corrected chi connectivity index (χ3v) is 3.48. The van der Waals surface area contributed by atoms with Crippen molar-refractivity contribution < 1.29 is 4.39 Å². The lowest BCUT2D eigenvalue weighted by Crippen LogP contribution is -2.04. The number of nitrogens with two attached hydrogens (primary N) is 1. The second kappa shape index (κ2) is 4.91. The Morgan fingerprint density at radius 1 is 1.29 bits per heavy atom. The van der Waals surface area contributed by atoms with Crippen LogP contribution in [-0.2, 0) is 6.54 Å². The van der Waals surface area contributed by atoms with Crippen LogP contribution < -0.4 is 5.73 Å². The van der Waals surface area contributed by atoms with E-state index in [4.69, 9.17) is 11.0 Å². The molecule has 1 heterocycles. The molecule has 0 aliphatic carbocycles. The first-order valence-corrected chi connectivity index (χ1v) is 6.49. The van der Waals surface area contributed by atoms with Gasteiger partial charge in [0.05, 0.1) is 29.2 Å². The van der Waals surface area contributed by atoms with Crippen LogP contribution in [0.5, 0.6) is 0 Å². The lowest BCUT2D eigenvalue weighted by Gasteiger charge is -2.07. The van der Waals surface area contributed by atoms with Gasteiger partial charge >= 0.3 is 0 Å². The molecule has 0 aliphatic rings. The molecule has 0 bridgehead atoms. The van der Waals surface area contributed by atoms with E-state index in [1.54, 1.807) is 25.1 Å². The SMILES string of the molecule is Cc1cc2c(cc1F)nc(N)n2Cc1ccc(C#N)cc1. The number of rotatable bonds is 2. The number of nitrogens with zero attached hydrogens (tertiary/aromatic N) is 3. The number of nitriles is 1. The van der Waals surface area contributed by atoms with Crippen molar-refractivity contribution in [2.24, 2.45) is 0 Å². The van der Waals surface area contributed by atoms with Gasteiger partial charge in [-0.15, -0.1) is 0 Å². The number of fused-ring (bicyclic) bond motifs is 1. The molecule has 21 heavy (non-hydrogen) atoms. The molecule has 2 aromatic carbocycles. The molecule has 3 rings (SSSR count). The molecule has 5 heteroatoms. The summed E-state index contributed by atoms with van der Waals surface area (Å²) in [5.41, 5.74) is 9.45. The third kappa shape index (κ3) is 2.32. The van der Waals surface area contributed by atoms with Gasteiger partial charge in [-0.2, -0.15) is 5.26 Å². The van der Waals surface area contributed by atoms with E-state index in [0.29, 0.717) is 29.1 Å². The minimum absolute atomic E-state index is 0.287. The predicted molar refractivity (Wildman–Crippen MR) is 79.1 cm³/mol. The van der Waals surface area contributed by atoms with Gasteiger partial charge in [-0.1, -0.05) is 12.1 Å². The van der Waals surface area contributed by atoms with Crippen LogP contribution in [-0.4, -0.2) is 9.55 Å². The van der Waals surface area contributed by atoms with Crippen molar-refractivity contribution in [2.75, 3.05) is 5.73 Å². The maximum absolute atomic E-state index is 13.6. The van der Waals surface area contributed by atoms with Gasteiger partial charge in [0.2, 0.25) is 5.95 Å². The molecule has 0 unspecified atom stereocenters. The number of aromatic nitrogens is 2. The Morgan fingerprint density at radius 2 is 2.00 bits per heavy atom. The van der Waals surface area contributed by atoms with Crippen LogP contribution in [0.4, 0.5) is 10.3 Å². The van der Waals surface area contributed by atoms with Gasteiger partial charge in [0, 0.05) is 6.07 Å². The van der Waals surface area contributed by atoms with Crippen LogP contribution in [0.25, 0.3) is 11.0 Å². The first kappa shape index (κ1) is 13.1. The number of nitrogen functional groups attached to an aromatic ring is 1. The largest absolute Gasteiger partial charge is 0.369 e. The second-order valence-electron chi connectivity index (χ2n) is 4.95. The summed E-state index contributed by atoms with van der Waals surface area (Å²) in [7, 11) is 0. The van der Waals surface area contributed by atoms with Crippen molar-refractivity contribution >= 4 is 17.0 Å². The Morgan fingerprint density at radius 3 is 2.67 bits per heavy atom. The van der Waals surface area contributed by atoms with Crippen LogP contribution in [0, 0.1) is 24.1 Å². The summed E-state index contributed by atoms with van der Waals surface area (Å²) in [6.07, 6.45) is 0. The van der Waals surface area contributed by atoms with Crippen LogP contribution in [0.1, 0.15) is 16.7 Å². The molecule has 0 radical (unpaired) electrons. The van der Waals surface area contributed by atoms with Crippen molar-refractivity contribution in [3.05, 3.63) is 58.9 Å². The third-order valence-electron chi connectivity index (χ3n) is 3.48. The number of benzene rings is 2. The van der Waals surface area contributed by atoms with E-state index in [2.05, 4.69) is 11.1 Å². The van der Waals surface area contributed by atoms with Gasteiger partial charge in [0.25, 0.3) is 0 Å². The van der Waals surface area contributed by atoms with Gasteiger partial charge in [0.15, 0.2) is 0 Å². The molecular weight excluding hydrogens is 267 g/mol. The molecule has 0 spiro atoms. The molecule has 0 amide bonds. The molecule has 0 saturated heterocycles. The summed E-state index contributed by atoms with van der Waals surface area (Å²) in [6.45, 7) is 2.24. The number of imidazole rings is 1. The predicted octanol–water partition coefficient (Wildman–Crippen LogP) is 2.99. The van der Waals surface area contributed by atoms with Crippen molar-refractivity contribution in [3.63, 3.8) is 0 Å². The monoisotopic (exact) mass is 280 g/mol. The Balaban J connectivity index is 2.05. The fraction of sp³-hybridized carbons (Fsp3) is 0.125. The number of aryl methyl sites for hydroxylation is 1. The lowest BCUT2D eigenvalue weighted by atomic mass is 10.1. The zero-order valence-electron chi connectivity index (χ0n) is 11.5. The highest BCUT2D eigenvalue weighted by Gasteiger charge is 2.11. The van der Waals surface area contributed by atoms with Gasteiger partial charge in [-0.05, 0) is 36.2 Å². The van der Waals surface area contributed by atoms with Gasteiger partial charge in [-0.25, -0.2) is 9.37 Å². The maximum atomic E-state index is 13.6. The summed E-state index contributed by atoms with van der Waals surface area (Å²) in [4.78, 5) is 4.19. The van der Waals surface area contributed by atoms with E-state index in [1.165, 1.54) is 6.07 Å². The molecule has 2 N–H and O–H groups in total. The van der Waals surface area contributed by atoms with E-state index >= 15 is 0 Å². The molecule has 0 fully saturated rings. The first-order valence-electron chi connectivity index (χ1n) is 6.49. The highest BCUT2D eigenvalue weighted by atomic mass is 19.1. The fourth-order valence-electron chi connectivity index (χ4n) is 2.30. The van der Waals surface area contributed by atoms with E-state index in [1.807, 2.05) is 16.7 Å². The standard InChI is InChI=1S/C16H13FN4/c1-10-6-15-14(7-13(10)17)20-16(19)21(15)9-12-4-2-11(8-18)3-5-12/h2-7H,9H2,1H3,(H2,19,20). The molecule has 104 valence electrons. The summed E-state index contributed by atoms with van der Waals surface area (Å²) >= 11 is 0. The highest BCUT2D eigenvalue weighted by molar-refractivity contribution is 5.79. The summed E-state index contributed by atoms with van der Waals surface area (Å²) in [5.74, 6) is 0.0601. The van der Waals surface area contributed by atoms with E-state index in [9.17, 15) is 4.39 Å². The molecule has 0 saturated carbocycles. The van der Waals surface area contributed by atoms with Crippen molar-refractivity contribution in [3.8, 4) is 6.07 Å². The van der Waals surface area contributed by atoms with Crippen LogP contribution >= 0.6 is 0 Å². The molecule has 0 atom stereocenters. The Labute approximate surface area is 121 Å². The molecule has 0 aliphatic heterocycles. The van der Waals surface area contributed by atoms with Gasteiger partial charge < -0.3 is 10.3 Å². The van der Waals surface area contributed by atoms with E-state index < -0.39 is 0 Å². The quantitative estimate of drug-likeness (QED) is 0.784. The van der Waals surface area contributed by atoms with Crippen molar-refractivity contribution in [2.45, 2.75) is 13.5 Å². The fourth-order valence-corrected chi connectivity index (χ4v) is 2.30. The minimum Gasteiger partial charge on any atom is -0.369 e. The smallest absolute Gasteiger partial charge is 0.201 e. The summed E-state index contributed by atoms with van der Waals surface area (Å²) < 4.78 is 15.4. The Bertz CT molecular complexity index is 857. The Hall–Kier alpha value is -2.87. The van der Waals surface area contributed by atoms with E-state index in [-0.39, 0.29) is 5.82 Å². The zero-order valence-corrected chi connectivity index (χ0v) is 11.5. The normalized spacial score (nSPS) is 10.7. The zero-order chi connectivity index (χ0) is 15.0.